The smallest absolute Gasteiger partial charge is 0.123 e. The molecule has 0 saturated heterocycles. The Morgan fingerprint density at radius 1 is 1.00 bits per heavy atom. The SMILES string of the molecule is CC(C)Oc1ccc(C(O)c2cccc(F)c2)cc1. The summed E-state index contributed by atoms with van der Waals surface area (Å²) in [5, 5.41) is 10.2. The van der Waals surface area contributed by atoms with E-state index in [0.29, 0.717) is 11.1 Å². The second kappa shape index (κ2) is 5.85. The fourth-order valence-electron chi connectivity index (χ4n) is 1.87. The number of rotatable bonds is 4. The first kappa shape index (κ1) is 13.6. The highest BCUT2D eigenvalue weighted by Crippen LogP contribution is 2.24. The third kappa shape index (κ3) is 3.55. The normalized spacial score (nSPS) is 12.5. The molecule has 0 aromatic heterocycles. The molecule has 2 rings (SSSR count). The van der Waals surface area contributed by atoms with Crippen molar-refractivity contribution < 1.29 is 14.2 Å². The van der Waals surface area contributed by atoms with Crippen molar-refractivity contribution in [2.24, 2.45) is 0 Å². The lowest BCUT2D eigenvalue weighted by atomic mass is 10.0. The van der Waals surface area contributed by atoms with Crippen LogP contribution in [-0.4, -0.2) is 11.2 Å². The predicted octanol–water partition coefficient (Wildman–Crippen LogP) is 3.69. The largest absolute Gasteiger partial charge is 0.491 e. The van der Waals surface area contributed by atoms with Crippen molar-refractivity contribution in [3.05, 3.63) is 65.5 Å². The van der Waals surface area contributed by atoms with Crippen molar-refractivity contribution in [1.82, 2.24) is 0 Å². The van der Waals surface area contributed by atoms with Crippen LogP contribution in [0.2, 0.25) is 0 Å². The molecule has 0 radical (unpaired) electrons. The van der Waals surface area contributed by atoms with Gasteiger partial charge >= 0.3 is 0 Å². The summed E-state index contributed by atoms with van der Waals surface area (Å²) < 4.78 is 18.7. The van der Waals surface area contributed by atoms with Crippen LogP contribution in [0.5, 0.6) is 5.75 Å². The number of benzene rings is 2. The average molecular weight is 260 g/mol. The van der Waals surface area contributed by atoms with E-state index in [1.165, 1.54) is 12.1 Å². The van der Waals surface area contributed by atoms with E-state index in [4.69, 9.17) is 4.74 Å². The van der Waals surface area contributed by atoms with Crippen molar-refractivity contribution >= 4 is 0 Å². The molecule has 0 bridgehead atoms. The monoisotopic (exact) mass is 260 g/mol. The fraction of sp³-hybridized carbons (Fsp3) is 0.250. The first-order chi connectivity index (χ1) is 9.06. The number of hydrogen-bond acceptors (Lipinski definition) is 2. The molecular formula is C16H17FO2. The maximum absolute atomic E-state index is 13.1. The van der Waals surface area contributed by atoms with Crippen molar-refractivity contribution in [2.45, 2.75) is 26.1 Å². The van der Waals surface area contributed by atoms with E-state index in [1.54, 1.807) is 36.4 Å². The molecule has 0 aliphatic rings. The summed E-state index contributed by atoms with van der Waals surface area (Å²) >= 11 is 0. The van der Waals surface area contributed by atoms with Gasteiger partial charge in [-0.1, -0.05) is 24.3 Å². The number of ether oxygens (including phenoxy) is 1. The molecule has 19 heavy (non-hydrogen) atoms. The highest BCUT2D eigenvalue weighted by Gasteiger charge is 2.11. The zero-order chi connectivity index (χ0) is 13.8. The minimum atomic E-state index is -0.830. The van der Waals surface area contributed by atoms with Gasteiger partial charge in [0.05, 0.1) is 6.10 Å². The van der Waals surface area contributed by atoms with Gasteiger partial charge < -0.3 is 9.84 Å². The molecule has 100 valence electrons. The Labute approximate surface area is 112 Å². The highest BCUT2D eigenvalue weighted by molar-refractivity contribution is 5.34. The molecule has 1 atom stereocenters. The van der Waals surface area contributed by atoms with Crippen LogP contribution in [0.3, 0.4) is 0 Å². The first-order valence-corrected chi connectivity index (χ1v) is 6.26. The molecule has 0 fully saturated rings. The summed E-state index contributed by atoms with van der Waals surface area (Å²) in [5.74, 6) is 0.404. The van der Waals surface area contributed by atoms with Crippen LogP contribution < -0.4 is 4.74 Å². The Hall–Kier alpha value is -1.87. The van der Waals surface area contributed by atoms with Crippen LogP contribution in [0.1, 0.15) is 31.1 Å². The van der Waals surface area contributed by atoms with Gasteiger partial charge in [-0.25, -0.2) is 4.39 Å². The number of aliphatic hydroxyl groups is 1. The van der Waals surface area contributed by atoms with Gasteiger partial charge in [0.2, 0.25) is 0 Å². The Balaban J connectivity index is 2.17. The molecule has 1 N–H and O–H groups in total. The van der Waals surface area contributed by atoms with E-state index in [9.17, 15) is 9.50 Å². The molecule has 0 aliphatic carbocycles. The van der Waals surface area contributed by atoms with Crippen molar-refractivity contribution in [3.8, 4) is 5.75 Å². The molecule has 2 nitrogen and oxygen atoms in total. The Morgan fingerprint density at radius 3 is 2.26 bits per heavy atom. The fourth-order valence-corrected chi connectivity index (χ4v) is 1.87. The van der Waals surface area contributed by atoms with E-state index < -0.39 is 6.10 Å². The van der Waals surface area contributed by atoms with E-state index in [0.717, 1.165) is 5.75 Å². The predicted molar refractivity (Wildman–Crippen MR) is 72.7 cm³/mol. The molecule has 0 spiro atoms. The summed E-state index contributed by atoms with van der Waals surface area (Å²) in [6.07, 6.45) is -0.720. The topological polar surface area (TPSA) is 29.5 Å². The van der Waals surface area contributed by atoms with E-state index >= 15 is 0 Å². The number of halogens is 1. The lowest BCUT2D eigenvalue weighted by Gasteiger charge is -2.13. The Kier molecular flexibility index (Phi) is 4.17. The quantitative estimate of drug-likeness (QED) is 0.908. The van der Waals surface area contributed by atoms with Crippen LogP contribution in [0, 0.1) is 5.82 Å². The Morgan fingerprint density at radius 2 is 1.68 bits per heavy atom. The molecule has 0 saturated carbocycles. The number of hydrogen-bond donors (Lipinski definition) is 1. The molecule has 2 aromatic carbocycles. The van der Waals surface area contributed by atoms with Crippen LogP contribution in [0.15, 0.2) is 48.5 Å². The summed E-state index contributed by atoms with van der Waals surface area (Å²) in [4.78, 5) is 0. The zero-order valence-corrected chi connectivity index (χ0v) is 11.0. The van der Waals surface area contributed by atoms with Gasteiger partial charge in [-0.3, -0.25) is 0 Å². The van der Waals surface area contributed by atoms with E-state index in [1.807, 2.05) is 13.8 Å². The minimum absolute atomic E-state index is 0.110. The summed E-state index contributed by atoms with van der Waals surface area (Å²) in [5.41, 5.74) is 1.25. The van der Waals surface area contributed by atoms with Gasteiger partial charge in [-0.15, -0.1) is 0 Å². The lowest BCUT2D eigenvalue weighted by Crippen LogP contribution is -2.06. The Bertz CT molecular complexity index is 535. The first-order valence-electron chi connectivity index (χ1n) is 6.26. The van der Waals surface area contributed by atoms with Crippen molar-refractivity contribution in [1.29, 1.82) is 0 Å². The second-order valence-electron chi connectivity index (χ2n) is 4.69. The van der Waals surface area contributed by atoms with Gasteiger partial charge in [0.1, 0.15) is 17.7 Å². The van der Waals surface area contributed by atoms with Gasteiger partial charge in [0, 0.05) is 0 Å². The van der Waals surface area contributed by atoms with Gasteiger partial charge in [0.15, 0.2) is 0 Å². The number of aliphatic hydroxyl groups excluding tert-OH is 1. The van der Waals surface area contributed by atoms with Crippen molar-refractivity contribution in [2.75, 3.05) is 0 Å². The van der Waals surface area contributed by atoms with Crippen molar-refractivity contribution in [3.63, 3.8) is 0 Å². The lowest BCUT2D eigenvalue weighted by molar-refractivity contribution is 0.219. The van der Waals surface area contributed by atoms with Gasteiger partial charge in [0.25, 0.3) is 0 Å². The highest BCUT2D eigenvalue weighted by atomic mass is 19.1. The summed E-state index contributed by atoms with van der Waals surface area (Å²) in [6.45, 7) is 3.91. The molecular weight excluding hydrogens is 243 g/mol. The third-order valence-corrected chi connectivity index (χ3v) is 2.73. The maximum atomic E-state index is 13.1. The van der Waals surface area contributed by atoms with E-state index in [2.05, 4.69) is 0 Å². The zero-order valence-electron chi connectivity index (χ0n) is 11.0. The molecule has 0 aliphatic heterocycles. The van der Waals surface area contributed by atoms with Crippen LogP contribution in [-0.2, 0) is 0 Å². The van der Waals surface area contributed by atoms with Gasteiger partial charge in [-0.05, 0) is 49.2 Å². The molecule has 3 heteroatoms. The maximum Gasteiger partial charge on any atom is 0.123 e. The van der Waals surface area contributed by atoms with Crippen LogP contribution >= 0.6 is 0 Å². The molecule has 0 heterocycles. The van der Waals surface area contributed by atoms with Crippen LogP contribution in [0.25, 0.3) is 0 Å². The standard InChI is InChI=1S/C16H17FO2/c1-11(2)19-15-8-6-12(7-9-15)16(18)13-4-3-5-14(17)10-13/h3-11,16,18H,1-2H3. The average Bonchev–Trinajstić information content (AvgIpc) is 2.38. The summed E-state index contributed by atoms with van der Waals surface area (Å²) in [6, 6.07) is 13.2. The molecule has 2 aromatic rings. The molecule has 0 amide bonds. The third-order valence-electron chi connectivity index (χ3n) is 2.73. The van der Waals surface area contributed by atoms with E-state index in [-0.39, 0.29) is 11.9 Å². The van der Waals surface area contributed by atoms with Gasteiger partial charge in [-0.2, -0.15) is 0 Å². The summed E-state index contributed by atoms with van der Waals surface area (Å²) in [7, 11) is 0. The van der Waals surface area contributed by atoms with Crippen LogP contribution in [0.4, 0.5) is 4.39 Å². The minimum Gasteiger partial charge on any atom is -0.491 e. The molecule has 1 unspecified atom stereocenters. The second-order valence-corrected chi connectivity index (χ2v) is 4.69.